The summed E-state index contributed by atoms with van der Waals surface area (Å²) in [6.07, 6.45) is -0.0869. The largest absolute Gasteiger partial charge is 0.399 e. The fourth-order valence-electron chi connectivity index (χ4n) is 1.81. The van der Waals surface area contributed by atoms with Gasteiger partial charge in [0.05, 0.1) is 0 Å². The van der Waals surface area contributed by atoms with E-state index in [9.17, 15) is 0 Å². The molecule has 0 bridgehead atoms. The second-order valence-corrected chi connectivity index (χ2v) is 3.95. The minimum absolute atomic E-state index is 0.0869. The number of methoxy groups -OCH3 is 1. The number of nitrogen functional groups attached to an aromatic ring is 2. The molecule has 17 heavy (non-hydrogen) atoms. The van der Waals surface area contributed by atoms with Crippen molar-refractivity contribution in [3.8, 4) is 0 Å². The quantitative estimate of drug-likeness (QED) is 0.794. The van der Waals surface area contributed by atoms with Crippen LogP contribution in [-0.2, 0) is 4.74 Å². The summed E-state index contributed by atoms with van der Waals surface area (Å²) in [7, 11) is 1.69. The minimum atomic E-state index is -0.0869. The maximum absolute atomic E-state index is 5.67. The highest BCUT2D eigenvalue weighted by atomic mass is 16.5. The van der Waals surface area contributed by atoms with E-state index in [0.717, 1.165) is 22.5 Å². The molecule has 0 atom stereocenters. The Hall–Kier alpha value is -2.00. The molecular weight excluding hydrogens is 212 g/mol. The van der Waals surface area contributed by atoms with Crippen LogP contribution in [0.2, 0.25) is 0 Å². The van der Waals surface area contributed by atoms with Crippen LogP contribution in [-0.4, -0.2) is 7.11 Å². The van der Waals surface area contributed by atoms with E-state index >= 15 is 0 Å². The Bertz CT molecular complexity index is 431. The Kier molecular flexibility index (Phi) is 3.30. The van der Waals surface area contributed by atoms with Crippen LogP contribution in [0.25, 0.3) is 0 Å². The molecule has 0 aliphatic heterocycles. The lowest BCUT2D eigenvalue weighted by Crippen LogP contribution is -2.03. The molecule has 2 aromatic carbocycles. The van der Waals surface area contributed by atoms with Crippen molar-refractivity contribution in [3.63, 3.8) is 0 Å². The summed E-state index contributed by atoms with van der Waals surface area (Å²) in [5.74, 6) is 0. The van der Waals surface area contributed by atoms with Crippen molar-refractivity contribution in [3.05, 3.63) is 59.7 Å². The van der Waals surface area contributed by atoms with Crippen LogP contribution >= 0.6 is 0 Å². The first-order valence-corrected chi connectivity index (χ1v) is 5.44. The van der Waals surface area contributed by atoms with E-state index in [2.05, 4.69) is 0 Å². The lowest BCUT2D eigenvalue weighted by atomic mass is 10.0. The number of benzene rings is 2. The van der Waals surface area contributed by atoms with E-state index in [1.54, 1.807) is 7.11 Å². The predicted octanol–water partition coefficient (Wildman–Crippen LogP) is 2.59. The Morgan fingerprint density at radius 1 is 0.765 bits per heavy atom. The molecule has 2 aromatic rings. The van der Waals surface area contributed by atoms with Crippen LogP contribution in [0.4, 0.5) is 11.4 Å². The van der Waals surface area contributed by atoms with Crippen LogP contribution in [0.3, 0.4) is 0 Å². The molecule has 0 amide bonds. The average Bonchev–Trinajstić information content (AvgIpc) is 2.35. The summed E-state index contributed by atoms with van der Waals surface area (Å²) >= 11 is 0. The van der Waals surface area contributed by atoms with Crippen molar-refractivity contribution in [2.24, 2.45) is 0 Å². The van der Waals surface area contributed by atoms with Gasteiger partial charge in [0.2, 0.25) is 0 Å². The first kappa shape index (κ1) is 11.5. The van der Waals surface area contributed by atoms with Crippen LogP contribution in [0.15, 0.2) is 48.5 Å². The number of anilines is 2. The number of ether oxygens (including phenoxy) is 1. The Morgan fingerprint density at radius 3 is 1.41 bits per heavy atom. The van der Waals surface area contributed by atoms with E-state index in [0.29, 0.717) is 0 Å². The van der Waals surface area contributed by atoms with Crippen LogP contribution in [0, 0.1) is 0 Å². The molecule has 0 aliphatic carbocycles. The average molecular weight is 228 g/mol. The monoisotopic (exact) mass is 228 g/mol. The van der Waals surface area contributed by atoms with Gasteiger partial charge in [-0.3, -0.25) is 0 Å². The number of rotatable bonds is 3. The van der Waals surface area contributed by atoms with E-state index in [1.807, 2.05) is 48.5 Å². The van der Waals surface area contributed by atoms with Gasteiger partial charge in [-0.25, -0.2) is 0 Å². The van der Waals surface area contributed by atoms with E-state index < -0.39 is 0 Å². The maximum atomic E-state index is 5.67. The first-order chi connectivity index (χ1) is 8.20. The highest BCUT2D eigenvalue weighted by Gasteiger charge is 2.12. The molecule has 0 radical (unpaired) electrons. The van der Waals surface area contributed by atoms with Gasteiger partial charge in [0, 0.05) is 18.5 Å². The molecule has 3 nitrogen and oxygen atoms in total. The van der Waals surface area contributed by atoms with E-state index in [1.165, 1.54) is 0 Å². The molecule has 4 N–H and O–H groups in total. The normalized spacial score (nSPS) is 10.7. The smallest absolute Gasteiger partial charge is 0.107 e. The third-order valence-corrected chi connectivity index (χ3v) is 2.71. The summed E-state index contributed by atoms with van der Waals surface area (Å²) in [4.78, 5) is 0. The minimum Gasteiger partial charge on any atom is -0.399 e. The van der Waals surface area contributed by atoms with Gasteiger partial charge >= 0.3 is 0 Å². The lowest BCUT2D eigenvalue weighted by Gasteiger charge is -2.16. The zero-order valence-corrected chi connectivity index (χ0v) is 9.76. The third kappa shape index (κ3) is 2.57. The predicted molar refractivity (Wildman–Crippen MR) is 70.6 cm³/mol. The van der Waals surface area contributed by atoms with Gasteiger partial charge in [-0.05, 0) is 35.4 Å². The van der Waals surface area contributed by atoms with Gasteiger partial charge < -0.3 is 16.2 Å². The molecule has 0 saturated carbocycles. The lowest BCUT2D eigenvalue weighted by molar-refractivity contribution is 0.136. The molecule has 0 spiro atoms. The fourth-order valence-corrected chi connectivity index (χ4v) is 1.81. The highest BCUT2D eigenvalue weighted by Crippen LogP contribution is 2.26. The fraction of sp³-hybridized carbons (Fsp3) is 0.143. The number of hydrogen-bond donors (Lipinski definition) is 2. The molecule has 0 saturated heterocycles. The highest BCUT2D eigenvalue weighted by molar-refractivity contribution is 5.44. The zero-order chi connectivity index (χ0) is 12.3. The van der Waals surface area contributed by atoms with Crippen molar-refractivity contribution >= 4 is 11.4 Å². The van der Waals surface area contributed by atoms with Crippen molar-refractivity contribution in [1.82, 2.24) is 0 Å². The van der Waals surface area contributed by atoms with Crippen molar-refractivity contribution in [1.29, 1.82) is 0 Å². The molecule has 3 heteroatoms. The summed E-state index contributed by atoms with van der Waals surface area (Å²) in [6, 6.07) is 15.4. The molecule has 0 heterocycles. The first-order valence-electron chi connectivity index (χ1n) is 5.44. The second-order valence-electron chi connectivity index (χ2n) is 3.95. The topological polar surface area (TPSA) is 61.3 Å². The van der Waals surface area contributed by atoms with Gasteiger partial charge in [0.25, 0.3) is 0 Å². The van der Waals surface area contributed by atoms with E-state index in [-0.39, 0.29) is 6.10 Å². The Morgan fingerprint density at radius 2 is 1.12 bits per heavy atom. The van der Waals surface area contributed by atoms with Crippen LogP contribution in [0.1, 0.15) is 17.2 Å². The zero-order valence-electron chi connectivity index (χ0n) is 9.76. The summed E-state index contributed by atoms with van der Waals surface area (Å²) in [5, 5.41) is 0. The second kappa shape index (κ2) is 4.89. The molecule has 0 aromatic heterocycles. The molecular formula is C14H16N2O. The van der Waals surface area contributed by atoms with Gasteiger partial charge in [-0.1, -0.05) is 24.3 Å². The van der Waals surface area contributed by atoms with Gasteiger partial charge in [-0.2, -0.15) is 0 Å². The van der Waals surface area contributed by atoms with Crippen molar-refractivity contribution < 1.29 is 4.74 Å². The summed E-state index contributed by atoms with van der Waals surface area (Å²) in [6.45, 7) is 0. The molecule has 0 unspecified atom stereocenters. The van der Waals surface area contributed by atoms with Gasteiger partial charge in [0.15, 0.2) is 0 Å². The Labute approximate surface area is 101 Å². The van der Waals surface area contributed by atoms with Crippen molar-refractivity contribution in [2.45, 2.75) is 6.10 Å². The third-order valence-electron chi connectivity index (χ3n) is 2.71. The number of hydrogen-bond acceptors (Lipinski definition) is 3. The van der Waals surface area contributed by atoms with Gasteiger partial charge in [-0.15, -0.1) is 0 Å². The Balaban J connectivity index is 2.33. The standard InChI is InChI=1S/C14H16N2O/c1-17-14(10-2-6-12(15)7-3-10)11-4-8-13(16)9-5-11/h2-9,14H,15-16H2,1H3. The van der Waals surface area contributed by atoms with Crippen LogP contribution in [0.5, 0.6) is 0 Å². The molecule has 2 rings (SSSR count). The SMILES string of the molecule is COC(c1ccc(N)cc1)c1ccc(N)cc1. The van der Waals surface area contributed by atoms with Gasteiger partial charge in [0.1, 0.15) is 6.10 Å². The summed E-state index contributed by atoms with van der Waals surface area (Å²) in [5.41, 5.74) is 15.0. The molecule has 88 valence electrons. The van der Waals surface area contributed by atoms with Crippen molar-refractivity contribution in [2.75, 3.05) is 18.6 Å². The maximum Gasteiger partial charge on any atom is 0.107 e. The van der Waals surface area contributed by atoms with Crippen LogP contribution < -0.4 is 11.5 Å². The molecule has 0 fully saturated rings. The summed E-state index contributed by atoms with van der Waals surface area (Å²) < 4.78 is 5.52. The van der Waals surface area contributed by atoms with E-state index in [4.69, 9.17) is 16.2 Å². The number of nitrogens with two attached hydrogens (primary N) is 2. The molecule has 0 aliphatic rings.